The highest BCUT2D eigenvalue weighted by molar-refractivity contribution is 6.08. The van der Waals surface area contributed by atoms with Crippen molar-refractivity contribution >= 4 is 39.6 Å². The lowest BCUT2D eigenvalue weighted by atomic mass is 10.1. The Kier molecular flexibility index (Phi) is 5.30. The van der Waals surface area contributed by atoms with Gasteiger partial charge in [-0.1, -0.05) is 48.5 Å². The molecule has 2 heterocycles. The summed E-state index contributed by atoms with van der Waals surface area (Å²) in [4.78, 5) is 29.9. The van der Waals surface area contributed by atoms with Crippen LogP contribution < -0.4 is 15.1 Å². The van der Waals surface area contributed by atoms with Crippen molar-refractivity contribution in [2.24, 2.45) is 5.92 Å². The van der Waals surface area contributed by atoms with Crippen LogP contribution in [0.2, 0.25) is 0 Å². The quantitative estimate of drug-likeness (QED) is 0.706. The molecule has 2 saturated heterocycles. The van der Waals surface area contributed by atoms with Crippen molar-refractivity contribution in [2.45, 2.75) is 6.42 Å². The number of ether oxygens (including phenoxy) is 1. The summed E-state index contributed by atoms with van der Waals surface area (Å²) in [5.41, 5.74) is 2.65. The summed E-state index contributed by atoms with van der Waals surface area (Å²) >= 11 is 0. The second-order valence-corrected chi connectivity index (χ2v) is 8.01. The molecule has 6 heteroatoms. The molecule has 2 aliphatic heterocycles. The van der Waals surface area contributed by atoms with Gasteiger partial charge in [-0.25, -0.2) is 0 Å². The van der Waals surface area contributed by atoms with Crippen molar-refractivity contribution in [2.75, 3.05) is 48.0 Å². The molecule has 3 aromatic rings. The van der Waals surface area contributed by atoms with Gasteiger partial charge in [-0.05, 0) is 23.6 Å². The van der Waals surface area contributed by atoms with E-state index in [9.17, 15) is 9.59 Å². The number of carbonyl (C=O) groups excluding carboxylic acids is 2. The molecule has 3 aromatic carbocycles. The zero-order valence-electron chi connectivity index (χ0n) is 17.3. The first-order chi connectivity index (χ1) is 15.2. The first-order valence-corrected chi connectivity index (χ1v) is 10.7. The number of hydrogen-bond donors (Lipinski definition) is 1. The average molecular weight is 415 g/mol. The summed E-state index contributed by atoms with van der Waals surface area (Å²) < 4.78 is 5.45. The Bertz CT molecular complexity index is 1120. The van der Waals surface area contributed by atoms with Gasteiger partial charge >= 0.3 is 0 Å². The number of hydrogen-bond acceptors (Lipinski definition) is 4. The summed E-state index contributed by atoms with van der Waals surface area (Å²) in [5.74, 6) is -0.515. The number of fused-ring (bicyclic) bond motifs is 1. The molecule has 2 fully saturated rings. The molecule has 2 aliphatic rings. The maximum absolute atomic E-state index is 13.1. The van der Waals surface area contributed by atoms with Gasteiger partial charge in [0.2, 0.25) is 11.8 Å². The van der Waals surface area contributed by atoms with Crippen LogP contribution in [0.3, 0.4) is 0 Å². The van der Waals surface area contributed by atoms with Crippen molar-refractivity contribution in [3.63, 3.8) is 0 Å². The van der Waals surface area contributed by atoms with Crippen LogP contribution in [0.25, 0.3) is 10.8 Å². The Balaban J connectivity index is 1.34. The fourth-order valence-electron chi connectivity index (χ4n) is 4.45. The third kappa shape index (κ3) is 3.86. The number of carbonyl (C=O) groups is 2. The lowest BCUT2D eigenvalue weighted by molar-refractivity contribution is -0.122. The maximum atomic E-state index is 13.1. The third-order valence-electron chi connectivity index (χ3n) is 6.07. The van der Waals surface area contributed by atoms with E-state index in [1.165, 1.54) is 0 Å². The van der Waals surface area contributed by atoms with Gasteiger partial charge in [-0.2, -0.15) is 0 Å². The second-order valence-electron chi connectivity index (χ2n) is 8.01. The molecule has 0 unspecified atom stereocenters. The summed E-state index contributed by atoms with van der Waals surface area (Å²) in [5, 5.41) is 5.19. The molecule has 0 spiro atoms. The largest absolute Gasteiger partial charge is 0.378 e. The molecule has 0 aliphatic carbocycles. The number of nitrogens with zero attached hydrogens (tertiary/aromatic N) is 2. The third-order valence-corrected chi connectivity index (χ3v) is 6.07. The van der Waals surface area contributed by atoms with Crippen molar-refractivity contribution in [1.29, 1.82) is 0 Å². The van der Waals surface area contributed by atoms with Crippen LogP contribution in [-0.2, 0) is 14.3 Å². The molecule has 0 aromatic heterocycles. The molecular formula is C25H25N3O3. The SMILES string of the molecule is O=C(Nc1ccccc1N1CCOCC1)[C@@H]1CC(=O)N(c2cccc3ccccc23)C1. The van der Waals surface area contributed by atoms with Crippen molar-refractivity contribution < 1.29 is 14.3 Å². The highest BCUT2D eigenvalue weighted by atomic mass is 16.5. The lowest BCUT2D eigenvalue weighted by Crippen LogP contribution is -2.37. The molecule has 5 rings (SSSR count). The van der Waals surface area contributed by atoms with Crippen molar-refractivity contribution in [3.8, 4) is 0 Å². The molecular weight excluding hydrogens is 390 g/mol. The van der Waals surface area contributed by atoms with E-state index in [0.29, 0.717) is 19.8 Å². The predicted octanol–water partition coefficient (Wildman–Crippen LogP) is 3.67. The minimum Gasteiger partial charge on any atom is -0.378 e. The fraction of sp³-hybridized carbons (Fsp3) is 0.280. The number of morpholine rings is 1. The minimum atomic E-state index is -0.385. The van der Waals surface area contributed by atoms with E-state index in [1.54, 1.807) is 4.90 Å². The van der Waals surface area contributed by atoms with Crippen LogP contribution in [0, 0.1) is 5.92 Å². The zero-order chi connectivity index (χ0) is 21.2. The smallest absolute Gasteiger partial charge is 0.229 e. The molecule has 31 heavy (non-hydrogen) atoms. The van der Waals surface area contributed by atoms with Crippen molar-refractivity contribution in [3.05, 3.63) is 66.7 Å². The first-order valence-electron chi connectivity index (χ1n) is 10.7. The highest BCUT2D eigenvalue weighted by Crippen LogP contribution is 2.33. The van der Waals surface area contributed by atoms with Crippen LogP contribution in [0.1, 0.15) is 6.42 Å². The number of nitrogens with one attached hydrogen (secondary N) is 1. The summed E-state index contributed by atoms with van der Waals surface area (Å²) in [7, 11) is 0. The molecule has 158 valence electrons. The minimum absolute atomic E-state index is 0.0158. The monoisotopic (exact) mass is 415 g/mol. The van der Waals surface area contributed by atoms with E-state index in [4.69, 9.17) is 4.74 Å². The number of rotatable bonds is 4. The van der Waals surface area contributed by atoms with Gasteiger partial charge in [0.05, 0.1) is 36.2 Å². The Labute approximate surface area is 181 Å². The van der Waals surface area contributed by atoms with Gasteiger partial charge < -0.3 is 19.9 Å². The van der Waals surface area contributed by atoms with E-state index in [2.05, 4.69) is 10.2 Å². The molecule has 0 bridgehead atoms. The summed E-state index contributed by atoms with van der Waals surface area (Å²) in [6.45, 7) is 3.34. The van der Waals surface area contributed by atoms with E-state index in [1.807, 2.05) is 66.7 Å². The highest BCUT2D eigenvalue weighted by Gasteiger charge is 2.36. The Morgan fingerprint density at radius 2 is 1.61 bits per heavy atom. The number of amides is 2. The molecule has 1 N–H and O–H groups in total. The van der Waals surface area contributed by atoms with Crippen LogP contribution in [0.5, 0.6) is 0 Å². The topological polar surface area (TPSA) is 61.9 Å². The van der Waals surface area contributed by atoms with Crippen molar-refractivity contribution in [1.82, 2.24) is 0 Å². The average Bonchev–Trinajstić information content (AvgIpc) is 3.21. The van der Waals surface area contributed by atoms with E-state index in [-0.39, 0.29) is 24.2 Å². The Morgan fingerprint density at radius 1 is 0.903 bits per heavy atom. The first kappa shape index (κ1) is 19.6. The van der Waals surface area contributed by atoms with E-state index >= 15 is 0 Å². The zero-order valence-corrected chi connectivity index (χ0v) is 17.3. The molecule has 1 atom stereocenters. The van der Waals surface area contributed by atoms with Gasteiger partial charge in [0.15, 0.2) is 0 Å². The normalized spacial score (nSPS) is 19.1. The van der Waals surface area contributed by atoms with Crippen LogP contribution >= 0.6 is 0 Å². The Morgan fingerprint density at radius 3 is 2.48 bits per heavy atom. The van der Waals surface area contributed by atoms with Crippen LogP contribution in [-0.4, -0.2) is 44.7 Å². The number of benzene rings is 3. The van der Waals surface area contributed by atoms with Crippen LogP contribution in [0.4, 0.5) is 17.1 Å². The maximum Gasteiger partial charge on any atom is 0.229 e. The van der Waals surface area contributed by atoms with Gasteiger partial charge in [-0.3, -0.25) is 9.59 Å². The molecule has 0 radical (unpaired) electrons. The summed E-state index contributed by atoms with van der Waals surface area (Å²) in [6, 6.07) is 21.8. The Hall–Kier alpha value is -3.38. The molecule has 2 amide bonds. The second kappa shape index (κ2) is 8.40. The number of anilines is 3. The lowest BCUT2D eigenvalue weighted by Gasteiger charge is -2.30. The fourth-order valence-corrected chi connectivity index (χ4v) is 4.45. The van der Waals surface area contributed by atoms with E-state index in [0.717, 1.165) is 40.9 Å². The molecule has 0 saturated carbocycles. The van der Waals surface area contributed by atoms with Crippen LogP contribution in [0.15, 0.2) is 66.7 Å². The van der Waals surface area contributed by atoms with Gasteiger partial charge in [0.1, 0.15) is 0 Å². The summed E-state index contributed by atoms with van der Waals surface area (Å²) in [6.07, 6.45) is 0.217. The number of para-hydroxylation sites is 2. The molecule has 6 nitrogen and oxygen atoms in total. The van der Waals surface area contributed by atoms with Gasteiger partial charge in [0.25, 0.3) is 0 Å². The van der Waals surface area contributed by atoms with Gasteiger partial charge in [0, 0.05) is 31.4 Å². The standard InChI is InChI=1S/C25H25N3O3/c29-24-16-19(17-28(24)22-11-5-7-18-6-1-2-8-20(18)22)25(30)26-21-9-3-4-10-23(21)27-12-14-31-15-13-27/h1-11,19H,12-17H2,(H,26,30)/t19-/m1/s1. The van der Waals surface area contributed by atoms with Gasteiger partial charge in [-0.15, -0.1) is 0 Å². The van der Waals surface area contributed by atoms with E-state index < -0.39 is 0 Å². The predicted molar refractivity (Wildman–Crippen MR) is 123 cm³/mol.